The average Bonchev–Trinajstić information content (AvgIpc) is 2.83. The van der Waals surface area contributed by atoms with Gasteiger partial charge in [0.05, 0.1) is 13.2 Å². The molecule has 3 heteroatoms. The molecule has 0 unspecified atom stereocenters. The van der Waals surface area contributed by atoms with Crippen LogP contribution in [0, 0.1) is 17.7 Å². The Balaban J connectivity index is 1.18. The maximum Gasteiger partial charge on any atom is 0.157 e. The third kappa shape index (κ3) is 6.40. The van der Waals surface area contributed by atoms with E-state index in [1.165, 1.54) is 69.1 Å². The first-order valence-corrected chi connectivity index (χ1v) is 12.3. The van der Waals surface area contributed by atoms with Crippen LogP contribution in [0.25, 0.3) is 11.1 Å². The van der Waals surface area contributed by atoms with Crippen LogP contribution in [-0.4, -0.2) is 19.5 Å². The molecule has 1 aliphatic carbocycles. The molecule has 0 spiro atoms. The molecule has 168 valence electrons. The second kappa shape index (κ2) is 11.2. The van der Waals surface area contributed by atoms with Crippen molar-refractivity contribution in [2.45, 2.75) is 76.9 Å². The summed E-state index contributed by atoms with van der Waals surface area (Å²) in [4.78, 5) is 0. The van der Waals surface area contributed by atoms with E-state index < -0.39 is 0 Å². The Morgan fingerprint density at radius 1 is 0.742 bits per heavy atom. The summed E-state index contributed by atoms with van der Waals surface area (Å²) in [5.41, 5.74) is 3.67. The Labute approximate surface area is 187 Å². The summed E-state index contributed by atoms with van der Waals surface area (Å²) < 4.78 is 25.1. The molecule has 2 fully saturated rings. The monoisotopic (exact) mass is 424 g/mol. The Morgan fingerprint density at radius 3 is 1.97 bits per heavy atom. The number of ether oxygens (including phenoxy) is 2. The number of hydrogen-bond acceptors (Lipinski definition) is 2. The van der Waals surface area contributed by atoms with Gasteiger partial charge in [-0.25, -0.2) is 4.39 Å². The molecule has 1 heterocycles. The summed E-state index contributed by atoms with van der Waals surface area (Å²) in [6.45, 7) is 4.00. The molecule has 1 saturated carbocycles. The molecule has 0 amide bonds. The summed E-state index contributed by atoms with van der Waals surface area (Å²) in [6, 6.07) is 15.6. The molecule has 0 radical (unpaired) electrons. The van der Waals surface area contributed by atoms with Gasteiger partial charge in [0.1, 0.15) is 5.82 Å². The average molecular weight is 425 g/mol. The first-order chi connectivity index (χ1) is 15.2. The topological polar surface area (TPSA) is 18.5 Å². The molecule has 31 heavy (non-hydrogen) atoms. The molecule has 0 N–H and O–H groups in total. The van der Waals surface area contributed by atoms with Crippen molar-refractivity contribution in [2.24, 2.45) is 11.8 Å². The van der Waals surface area contributed by atoms with Crippen LogP contribution in [-0.2, 0) is 9.47 Å². The number of rotatable bonds is 8. The molecular weight excluding hydrogens is 387 g/mol. The smallest absolute Gasteiger partial charge is 0.157 e. The van der Waals surface area contributed by atoms with Crippen LogP contribution in [0.2, 0.25) is 0 Å². The van der Waals surface area contributed by atoms with Gasteiger partial charge in [-0.15, -0.1) is 0 Å². The molecule has 1 aliphatic heterocycles. The predicted molar refractivity (Wildman–Crippen MR) is 124 cm³/mol. The third-order valence-corrected chi connectivity index (χ3v) is 7.22. The Bertz CT molecular complexity index is 770. The molecule has 2 nitrogen and oxygen atoms in total. The third-order valence-electron chi connectivity index (χ3n) is 7.22. The summed E-state index contributed by atoms with van der Waals surface area (Å²) in [5, 5.41) is 0. The minimum atomic E-state index is -0.185. The van der Waals surface area contributed by atoms with E-state index in [0.717, 1.165) is 36.7 Å². The first kappa shape index (κ1) is 22.5. The van der Waals surface area contributed by atoms with Crippen molar-refractivity contribution < 1.29 is 13.9 Å². The van der Waals surface area contributed by atoms with E-state index in [2.05, 4.69) is 31.2 Å². The van der Waals surface area contributed by atoms with Crippen molar-refractivity contribution in [3.8, 4) is 11.1 Å². The van der Waals surface area contributed by atoms with Gasteiger partial charge < -0.3 is 9.47 Å². The largest absolute Gasteiger partial charge is 0.352 e. The van der Waals surface area contributed by atoms with Crippen molar-refractivity contribution in [3.63, 3.8) is 0 Å². The van der Waals surface area contributed by atoms with Crippen LogP contribution >= 0.6 is 0 Å². The fourth-order valence-electron chi connectivity index (χ4n) is 5.16. The van der Waals surface area contributed by atoms with Gasteiger partial charge in [-0.3, -0.25) is 0 Å². The van der Waals surface area contributed by atoms with E-state index in [1.54, 1.807) is 0 Å². The van der Waals surface area contributed by atoms with Gasteiger partial charge in [0.25, 0.3) is 0 Å². The summed E-state index contributed by atoms with van der Waals surface area (Å²) >= 11 is 0. The van der Waals surface area contributed by atoms with Crippen LogP contribution < -0.4 is 0 Å². The van der Waals surface area contributed by atoms with Crippen molar-refractivity contribution in [1.82, 2.24) is 0 Å². The summed E-state index contributed by atoms with van der Waals surface area (Å²) in [7, 11) is 0. The number of hydrogen-bond donors (Lipinski definition) is 0. The molecule has 0 aromatic heterocycles. The van der Waals surface area contributed by atoms with Crippen molar-refractivity contribution in [2.75, 3.05) is 13.2 Å². The van der Waals surface area contributed by atoms with Crippen LogP contribution in [0.15, 0.2) is 48.5 Å². The zero-order valence-electron chi connectivity index (χ0n) is 18.9. The summed E-state index contributed by atoms with van der Waals surface area (Å²) in [5.74, 6) is 1.88. The van der Waals surface area contributed by atoms with Crippen LogP contribution in [0.1, 0.15) is 76.2 Å². The lowest BCUT2D eigenvalue weighted by atomic mass is 9.77. The lowest BCUT2D eigenvalue weighted by Gasteiger charge is -2.32. The van der Waals surface area contributed by atoms with Gasteiger partial charge in [-0.1, -0.05) is 56.2 Å². The Morgan fingerprint density at radius 2 is 1.35 bits per heavy atom. The Hall–Kier alpha value is -1.71. The highest BCUT2D eigenvalue weighted by molar-refractivity contribution is 5.63. The minimum absolute atomic E-state index is 0.0228. The quantitative estimate of drug-likeness (QED) is 0.432. The van der Waals surface area contributed by atoms with E-state index in [1.807, 2.05) is 12.1 Å². The summed E-state index contributed by atoms with van der Waals surface area (Å²) in [6.07, 6.45) is 11.2. The standard InChI is InChI=1S/C28H37FO2/c1-2-3-4-22-19-30-28(31-20-22)18-7-21-5-8-23(9-6-21)24-10-12-25(13-11-24)26-14-16-27(29)17-15-26/h10-17,21-23,28H,2-9,18-20H2,1H3. The molecule has 0 bridgehead atoms. The SMILES string of the molecule is CCCCC1COC(CCC2CCC(c3ccc(-c4ccc(F)cc4)cc3)CC2)OC1. The van der Waals surface area contributed by atoms with Gasteiger partial charge in [0.2, 0.25) is 0 Å². The minimum Gasteiger partial charge on any atom is -0.352 e. The lowest BCUT2D eigenvalue weighted by molar-refractivity contribution is -0.205. The molecule has 4 rings (SSSR count). The van der Waals surface area contributed by atoms with Crippen LogP contribution in [0.3, 0.4) is 0 Å². The molecule has 0 atom stereocenters. The van der Waals surface area contributed by atoms with Gasteiger partial charge in [-0.2, -0.15) is 0 Å². The highest BCUT2D eigenvalue weighted by Crippen LogP contribution is 2.38. The highest BCUT2D eigenvalue weighted by atomic mass is 19.1. The number of halogens is 1. The number of unbranched alkanes of at least 4 members (excludes halogenated alkanes) is 1. The second-order valence-corrected chi connectivity index (χ2v) is 9.53. The van der Waals surface area contributed by atoms with Crippen molar-refractivity contribution in [1.29, 1.82) is 0 Å². The van der Waals surface area contributed by atoms with Gasteiger partial charge in [0, 0.05) is 5.92 Å². The van der Waals surface area contributed by atoms with E-state index in [9.17, 15) is 4.39 Å². The maximum atomic E-state index is 13.1. The van der Waals surface area contributed by atoms with E-state index in [-0.39, 0.29) is 12.1 Å². The van der Waals surface area contributed by atoms with E-state index in [0.29, 0.717) is 11.8 Å². The van der Waals surface area contributed by atoms with Crippen LogP contribution in [0.5, 0.6) is 0 Å². The molecular formula is C28H37FO2. The van der Waals surface area contributed by atoms with E-state index >= 15 is 0 Å². The molecule has 2 aromatic carbocycles. The lowest BCUT2D eigenvalue weighted by Crippen LogP contribution is -2.32. The first-order valence-electron chi connectivity index (χ1n) is 12.3. The Kier molecular flexibility index (Phi) is 8.15. The van der Waals surface area contributed by atoms with Gasteiger partial charge >= 0.3 is 0 Å². The number of benzene rings is 2. The van der Waals surface area contributed by atoms with Gasteiger partial charge in [0.15, 0.2) is 6.29 Å². The van der Waals surface area contributed by atoms with Crippen molar-refractivity contribution >= 4 is 0 Å². The zero-order valence-corrected chi connectivity index (χ0v) is 18.9. The molecule has 2 aliphatic rings. The maximum absolute atomic E-state index is 13.1. The van der Waals surface area contributed by atoms with Gasteiger partial charge in [-0.05, 0) is 85.6 Å². The van der Waals surface area contributed by atoms with Crippen molar-refractivity contribution in [3.05, 3.63) is 59.9 Å². The second-order valence-electron chi connectivity index (χ2n) is 9.53. The molecule has 1 saturated heterocycles. The fraction of sp³-hybridized carbons (Fsp3) is 0.571. The normalized spacial score (nSPS) is 26.6. The zero-order chi connectivity index (χ0) is 21.5. The fourth-order valence-corrected chi connectivity index (χ4v) is 5.16. The van der Waals surface area contributed by atoms with E-state index in [4.69, 9.17) is 9.47 Å². The predicted octanol–water partition coefficient (Wildman–Crippen LogP) is 7.73. The van der Waals surface area contributed by atoms with Crippen LogP contribution in [0.4, 0.5) is 4.39 Å². The highest BCUT2D eigenvalue weighted by Gasteiger charge is 2.26. The molecule has 2 aromatic rings.